The molecule has 162 valence electrons. The molecular weight excluding hydrogens is 498 g/mol. The SMILES string of the molecule is CCNC(=NCC1CC(=O)Nc2ccccc21)NCCCOc1ccc(F)cc1.I. The molecule has 1 atom stereocenters. The number of ether oxygens (including phenoxy) is 1. The van der Waals surface area contributed by atoms with Crippen molar-refractivity contribution in [3.63, 3.8) is 0 Å². The lowest BCUT2D eigenvalue weighted by atomic mass is 9.91. The van der Waals surface area contributed by atoms with Gasteiger partial charge in [-0.25, -0.2) is 4.39 Å². The first-order chi connectivity index (χ1) is 14.2. The summed E-state index contributed by atoms with van der Waals surface area (Å²) >= 11 is 0. The predicted octanol–water partition coefficient (Wildman–Crippen LogP) is 3.89. The molecule has 8 heteroatoms. The van der Waals surface area contributed by atoms with Crippen molar-refractivity contribution in [2.75, 3.05) is 31.6 Å². The van der Waals surface area contributed by atoms with E-state index in [4.69, 9.17) is 4.74 Å². The number of nitrogens with zero attached hydrogens (tertiary/aromatic N) is 1. The van der Waals surface area contributed by atoms with E-state index in [1.165, 1.54) is 12.1 Å². The zero-order valence-corrected chi connectivity index (χ0v) is 19.3. The molecule has 0 spiro atoms. The summed E-state index contributed by atoms with van der Waals surface area (Å²) in [4.78, 5) is 16.6. The minimum atomic E-state index is -0.274. The number of rotatable bonds is 8. The fraction of sp³-hybridized carbons (Fsp3) is 0.364. The molecule has 1 heterocycles. The Labute approximate surface area is 193 Å². The number of para-hydroxylation sites is 1. The summed E-state index contributed by atoms with van der Waals surface area (Å²) in [6.45, 7) is 4.51. The number of carbonyl (C=O) groups is 1. The lowest BCUT2D eigenvalue weighted by Gasteiger charge is -2.24. The van der Waals surface area contributed by atoms with Crippen LogP contribution in [0.25, 0.3) is 0 Å². The monoisotopic (exact) mass is 526 g/mol. The van der Waals surface area contributed by atoms with E-state index >= 15 is 0 Å². The summed E-state index contributed by atoms with van der Waals surface area (Å²) in [5, 5.41) is 9.43. The standard InChI is InChI=1S/C22H27FN4O2.HI/c1-2-24-22(25-12-5-13-29-18-10-8-17(23)9-11-18)26-15-16-14-21(28)27-20-7-4-3-6-19(16)20;/h3-4,6-11,16H,2,5,12-15H2,1H3,(H,27,28)(H2,24,25,26);1H. The van der Waals surface area contributed by atoms with Crippen molar-refractivity contribution in [3.05, 3.63) is 59.9 Å². The van der Waals surface area contributed by atoms with Gasteiger partial charge in [0.25, 0.3) is 0 Å². The molecule has 0 radical (unpaired) electrons. The Kier molecular flexibility index (Phi) is 9.85. The van der Waals surface area contributed by atoms with Crippen LogP contribution < -0.4 is 20.7 Å². The van der Waals surface area contributed by atoms with Crippen LogP contribution in [0.3, 0.4) is 0 Å². The Bertz CT molecular complexity index is 845. The van der Waals surface area contributed by atoms with Gasteiger partial charge in [0.2, 0.25) is 5.91 Å². The first kappa shape index (κ1) is 23.9. The summed E-state index contributed by atoms with van der Waals surface area (Å²) in [6.07, 6.45) is 1.21. The number of aliphatic imine (C=N–C) groups is 1. The molecule has 2 aromatic rings. The van der Waals surface area contributed by atoms with Gasteiger partial charge in [0, 0.05) is 31.1 Å². The summed E-state index contributed by atoms with van der Waals surface area (Å²) in [6, 6.07) is 13.9. The second-order valence-corrected chi connectivity index (χ2v) is 6.84. The number of halogens is 2. The van der Waals surface area contributed by atoms with Crippen molar-refractivity contribution in [1.29, 1.82) is 0 Å². The van der Waals surface area contributed by atoms with Crippen LogP contribution >= 0.6 is 24.0 Å². The molecule has 6 nitrogen and oxygen atoms in total. The van der Waals surface area contributed by atoms with Crippen molar-refractivity contribution in [1.82, 2.24) is 10.6 Å². The van der Waals surface area contributed by atoms with Gasteiger partial charge in [0.1, 0.15) is 11.6 Å². The van der Waals surface area contributed by atoms with Crippen molar-refractivity contribution >= 4 is 41.5 Å². The Balaban J connectivity index is 0.00000320. The number of anilines is 1. The number of guanidine groups is 1. The van der Waals surface area contributed by atoms with E-state index in [1.807, 2.05) is 31.2 Å². The smallest absolute Gasteiger partial charge is 0.225 e. The molecular formula is C22H28FIN4O2. The molecule has 3 N–H and O–H groups in total. The number of amides is 1. The first-order valence-electron chi connectivity index (χ1n) is 9.95. The molecule has 0 saturated carbocycles. The average molecular weight is 526 g/mol. The van der Waals surface area contributed by atoms with Crippen molar-refractivity contribution < 1.29 is 13.9 Å². The Morgan fingerprint density at radius 1 is 1.20 bits per heavy atom. The molecule has 1 unspecified atom stereocenters. The second kappa shape index (κ2) is 12.4. The van der Waals surface area contributed by atoms with Gasteiger partial charge in [-0.2, -0.15) is 0 Å². The molecule has 30 heavy (non-hydrogen) atoms. The van der Waals surface area contributed by atoms with Crippen LogP contribution in [0.4, 0.5) is 10.1 Å². The molecule has 0 saturated heterocycles. The van der Waals surface area contributed by atoms with Crippen molar-refractivity contribution in [3.8, 4) is 5.75 Å². The maximum atomic E-state index is 12.9. The Hall–Kier alpha value is -2.36. The van der Waals surface area contributed by atoms with Gasteiger partial charge in [-0.15, -0.1) is 24.0 Å². The molecule has 0 fully saturated rings. The van der Waals surface area contributed by atoms with Crippen LogP contribution in [0, 0.1) is 5.82 Å². The summed E-state index contributed by atoms with van der Waals surface area (Å²) < 4.78 is 18.5. The highest BCUT2D eigenvalue weighted by Gasteiger charge is 2.24. The minimum absolute atomic E-state index is 0. The topological polar surface area (TPSA) is 74.8 Å². The number of carbonyl (C=O) groups excluding carboxylic acids is 1. The summed E-state index contributed by atoms with van der Waals surface area (Å²) in [7, 11) is 0. The number of hydrogen-bond acceptors (Lipinski definition) is 3. The van der Waals surface area contributed by atoms with E-state index in [2.05, 4.69) is 20.9 Å². The first-order valence-corrected chi connectivity index (χ1v) is 9.95. The third-order valence-corrected chi connectivity index (χ3v) is 4.62. The fourth-order valence-corrected chi connectivity index (χ4v) is 3.21. The van der Waals surface area contributed by atoms with Crippen LogP contribution in [-0.2, 0) is 4.79 Å². The third-order valence-electron chi connectivity index (χ3n) is 4.62. The van der Waals surface area contributed by atoms with Crippen LogP contribution in [0.1, 0.15) is 31.2 Å². The largest absolute Gasteiger partial charge is 0.494 e. The third kappa shape index (κ3) is 7.16. The van der Waals surface area contributed by atoms with Crippen LogP contribution in [0.15, 0.2) is 53.5 Å². The molecule has 0 aromatic heterocycles. The molecule has 3 rings (SSSR count). The lowest BCUT2D eigenvalue weighted by Crippen LogP contribution is -2.38. The number of nitrogens with one attached hydrogen (secondary N) is 3. The van der Waals surface area contributed by atoms with Gasteiger partial charge in [0.05, 0.1) is 13.2 Å². The minimum Gasteiger partial charge on any atom is -0.494 e. The maximum Gasteiger partial charge on any atom is 0.225 e. The molecule has 1 aliphatic heterocycles. The van der Waals surface area contributed by atoms with Gasteiger partial charge >= 0.3 is 0 Å². The van der Waals surface area contributed by atoms with Crippen molar-refractivity contribution in [2.24, 2.45) is 4.99 Å². The van der Waals surface area contributed by atoms with Crippen LogP contribution in [0.2, 0.25) is 0 Å². The van der Waals surface area contributed by atoms with E-state index in [0.717, 1.165) is 30.2 Å². The highest BCUT2D eigenvalue weighted by atomic mass is 127. The second-order valence-electron chi connectivity index (χ2n) is 6.84. The van der Waals surface area contributed by atoms with E-state index < -0.39 is 0 Å². The maximum absolute atomic E-state index is 12.9. The van der Waals surface area contributed by atoms with E-state index in [0.29, 0.717) is 31.9 Å². The average Bonchev–Trinajstić information content (AvgIpc) is 2.72. The van der Waals surface area contributed by atoms with Crippen LogP contribution in [0.5, 0.6) is 5.75 Å². The van der Waals surface area contributed by atoms with Crippen LogP contribution in [-0.4, -0.2) is 38.1 Å². The Morgan fingerprint density at radius 2 is 1.97 bits per heavy atom. The molecule has 0 aliphatic carbocycles. The van der Waals surface area contributed by atoms with E-state index in [9.17, 15) is 9.18 Å². The molecule has 1 aliphatic rings. The highest BCUT2D eigenvalue weighted by molar-refractivity contribution is 14.0. The van der Waals surface area contributed by atoms with Gasteiger partial charge in [-0.05, 0) is 49.2 Å². The number of hydrogen-bond donors (Lipinski definition) is 3. The summed E-state index contributed by atoms with van der Waals surface area (Å²) in [5.41, 5.74) is 2.00. The number of fused-ring (bicyclic) bond motifs is 1. The normalized spacial score (nSPS) is 15.5. The quantitative estimate of drug-likeness (QED) is 0.211. The lowest BCUT2D eigenvalue weighted by molar-refractivity contribution is -0.116. The Morgan fingerprint density at radius 3 is 2.73 bits per heavy atom. The summed E-state index contributed by atoms with van der Waals surface area (Å²) in [5.74, 6) is 1.19. The molecule has 2 aromatic carbocycles. The predicted molar refractivity (Wildman–Crippen MR) is 128 cm³/mol. The van der Waals surface area contributed by atoms with Gasteiger partial charge in [0.15, 0.2) is 5.96 Å². The van der Waals surface area contributed by atoms with Crippen molar-refractivity contribution in [2.45, 2.75) is 25.7 Å². The highest BCUT2D eigenvalue weighted by Crippen LogP contribution is 2.31. The van der Waals surface area contributed by atoms with Gasteiger partial charge in [-0.3, -0.25) is 9.79 Å². The molecule has 1 amide bonds. The van der Waals surface area contributed by atoms with Gasteiger partial charge < -0.3 is 20.7 Å². The molecule has 0 bridgehead atoms. The number of benzene rings is 2. The van der Waals surface area contributed by atoms with E-state index in [1.54, 1.807) is 12.1 Å². The zero-order valence-electron chi connectivity index (χ0n) is 17.0. The fourth-order valence-electron chi connectivity index (χ4n) is 3.21. The zero-order chi connectivity index (χ0) is 20.5. The van der Waals surface area contributed by atoms with Gasteiger partial charge in [-0.1, -0.05) is 18.2 Å². The van der Waals surface area contributed by atoms with E-state index in [-0.39, 0.29) is 41.6 Å².